The first kappa shape index (κ1) is 13.3. The van der Waals surface area contributed by atoms with E-state index in [0.29, 0.717) is 16.8 Å². The van der Waals surface area contributed by atoms with Gasteiger partial charge in [0.1, 0.15) is 0 Å². The summed E-state index contributed by atoms with van der Waals surface area (Å²) in [5.74, 6) is 0. The molecular formula is C12H19BN2O3. The van der Waals surface area contributed by atoms with Crippen molar-refractivity contribution < 1.29 is 14.4 Å². The second-order valence-electron chi connectivity index (χ2n) is 5.52. The average molecular weight is 250 g/mol. The second kappa shape index (κ2) is 4.22. The van der Waals surface area contributed by atoms with Crippen molar-refractivity contribution >= 4 is 18.4 Å². The van der Waals surface area contributed by atoms with Crippen LogP contribution in [0.2, 0.25) is 0 Å². The zero-order chi connectivity index (χ0) is 13.6. The molecule has 6 heteroatoms. The second-order valence-corrected chi connectivity index (χ2v) is 5.52. The van der Waals surface area contributed by atoms with Crippen LogP contribution in [0.25, 0.3) is 0 Å². The van der Waals surface area contributed by atoms with Crippen LogP contribution in [0.15, 0.2) is 12.3 Å². The highest BCUT2D eigenvalue weighted by Gasteiger charge is 2.53. The summed E-state index contributed by atoms with van der Waals surface area (Å²) in [5, 5.41) is 9.20. The monoisotopic (exact) mass is 250 g/mol. The van der Waals surface area contributed by atoms with Gasteiger partial charge in [-0.05, 0) is 33.8 Å². The van der Waals surface area contributed by atoms with Gasteiger partial charge < -0.3 is 20.1 Å². The Balaban J connectivity index is 2.35. The van der Waals surface area contributed by atoms with Gasteiger partial charge in [0.05, 0.1) is 29.1 Å². The molecular weight excluding hydrogens is 231 g/mol. The van der Waals surface area contributed by atoms with Gasteiger partial charge in [-0.2, -0.15) is 0 Å². The Morgan fingerprint density at radius 1 is 1.28 bits per heavy atom. The third kappa shape index (κ3) is 2.00. The minimum atomic E-state index is -0.596. The lowest BCUT2D eigenvalue weighted by atomic mass is 9.82. The first-order chi connectivity index (χ1) is 8.28. The van der Waals surface area contributed by atoms with Gasteiger partial charge in [-0.15, -0.1) is 0 Å². The van der Waals surface area contributed by atoms with E-state index in [-0.39, 0.29) is 6.61 Å². The number of pyridine rings is 1. The summed E-state index contributed by atoms with van der Waals surface area (Å²) in [4.78, 5) is 4.21. The number of hydrogen-bond acceptors (Lipinski definition) is 5. The van der Waals surface area contributed by atoms with Crippen LogP contribution < -0.4 is 11.3 Å². The summed E-state index contributed by atoms with van der Waals surface area (Å²) in [6.45, 7) is 7.76. The molecule has 2 rings (SSSR count). The Morgan fingerprint density at radius 2 is 1.83 bits per heavy atom. The molecule has 0 bridgehead atoms. The van der Waals surface area contributed by atoms with Gasteiger partial charge in [0.25, 0.3) is 0 Å². The lowest BCUT2D eigenvalue weighted by molar-refractivity contribution is 0.00578. The van der Waals surface area contributed by atoms with E-state index in [0.717, 1.165) is 0 Å². The van der Waals surface area contributed by atoms with E-state index in [1.165, 1.54) is 0 Å². The van der Waals surface area contributed by atoms with Crippen LogP contribution in [0.1, 0.15) is 33.3 Å². The van der Waals surface area contributed by atoms with Gasteiger partial charge in [-0.3, -0.25) is 4.98 Å². The zero-order valence-electron chi connectivity index (χ0n) is 11.2. The largest absolute Gasteiger partial charge is 0.516 e. The molecule has 98 valence electrons. The van der Waals surface area contributed by atoms with Crippen molar-refractivity contribution in [1.29, 1.82) is 0 Å². The number of aromatic nitrogens is 1. The fourth-order valence-electron chi connectivity index (χ4n) is 1.81. The quantitative estimate of drug-likeness (QED) is 0.745. The summed E-state index contributed by atoms with van der Waals surface area (Å²) in [6.07, 6.45) is 1.60. The maximum atomic E-state index is 9.20. The van der Waals surface area contributed by atoms with Crippen molar-refractivity contribution in [3.8, 4) is 0 Å². The molecule has 0 aliphatic carbocycles. The van der Waals surface area contributed by atoms with Crippen LogP contribution in [0.5, 0.6) is 0 Å². The van der Waals surface area contributed by atoms with E-state index >= 15 is 0 Å². The van der Waals surface area contributed by atoms with E-state index < -0.39 is 18.3 Å². The standard InChI is InChI=1S/C12H19BN2O3/c1-11(2)12(3,4)18-13(17-11)10-9(14)8(7-16)5-6-15-10/h5-6,16H,7,14H2,1-4H3. The lowest BCUT2D eigenvalue weighted by Crippen LogP contribution is -2.41. The Morgan fingerprint density at radius 3 is 2.33 bits per heavy atom. The van der Waals surface area contributed by atoms with Crippen molar-refractivity contribution in [1.82, 2.24) is 4.98 Å². The first-order valence-corrected chi connectivity index (χ1v) is 5.98. The van der Waals surface area contributed by atoms with Crippen molar-refractivity contribution in [3.63, 3.8) is 0 Å². The number of aliphatic hydroxyl groups excluding tert-OH is 1. The Labute approximate surface area is 107 Å². The van der Waals surface area contributed by atoms with Crippen LogP contribution in [-0.4, -0.2) is 28.4 Å². The van der Waals surface area contributed by atoms with E-state index in [1.807, 2.05) is 27.7 Å². The molecule has 0 radical (unpaired) electrons. The number of anilines is 1. The molecule has 1 saturated heterocycles. The predicted octanol–water partition coefficient (Wildman–Crippen LogP) is 0.455. The van der Waals surface area contributed by atoms with E-state index in [4.69, 9.17) is 15.0 Å². The van der Waals surface area contributed by atoms with Crippen LogP contribution >= 0.6 is 0 Å². The van der Waals surface area contributed by atoms with Crippen molar-refractivity contribution in [2.24, 2.45) is 0 Å². The van der Waals surface area contributed by atoms with Crippen molar-refractivity contribution in [2.45, 2.75) is 45.5 Å². The molecule has 3 N–H and O–H groups in total. The van der Waals surface area contributed by atoms with Crippen LogP contribution in [-0.2, 0) is 15.9 Å². The Kier molecular flexibility index (Phi) is 3.13. The molecule has 2 heterocycles. The molecule has 0 amide bonds. The average Bonchev–Trinajstić information content (AvgIpc) is 2.48. The lowest BCUT2D eigenvalue weighted by Gasteiger charge is -2.32. The molecule has 0 aromatic carbocycles. The fraction of sp³-hybridized carbons (Fsp3) is 0.583. The zero-order valence-corrected chi connectivity index (χ0v) is 11.2. The molecule has 1 aliphatic heterocycles. The van der Waals surface area contributed by atoms with Gasteiger partial charge in [-0.1, -0.05) is 0 Å². The van der Waals surface area contributed by atoms with Crippen LogP contribution in [0.3, 0.4) is 0 Å². The first-order valence-electron chi connectivity index (χ1n) is 5.98. The molecule has 0 atom stereocenters. The third-order valence-electron chi connectivity index (χ3n) is 3.76. The number of aliphatic hydroxyl groups is 1. The number of hydrogen-bond donors (Lipinski definition) is 2. The molecule has 0 saturated carbocycles. The molecule has 0 spiro atoms. The molecule has 1 fully saturated rings. The smallest absolute Gasteiger partial charge is 0.398 e. The number of nitrogens with zero attached hydrogens (tertiary/aromatic N) is 1. The third-order valence-corrected chi connectivity index (χ3v) is 3.76. The molecule has 1 aliphatic rings. The maximum Gasteiger partial charge on any atom is 0.516 e. The molecule has 1 aromatic heterocycles. The van der Waals surface area contributed by atoms with Crippen LogP contribution in [0, 0.1) is 0 Å². The highest BCUT2D eigenvalue weighted by atomic mass is 16.7. The highest BCUT2D eigenvalue weighted by Crippen LogP contribution is 2.36. The molecule has 5 nitrogen and oxygen atoms in total. The SMILES string of the molecule is CC1(C)OB(c2nccc(CO)c2N)OC1(C)C. The normalized spacial score (nSPS) is 21.3. The summed E-state index contributed by atoms with van der Waals surface area (Å²) in [5.41, 5.74) is 6.70. The van der Waals surface area contributed by atoms with E-state index in [9.17, 15) is 5.11 Å². The van der Waals surface area contributed by atoms with Gasteiger partial charge >= 0.3 is 7.12 Å². The minimum Gasteiger partial charge on any atom is -0.398 e. The van der Waals surface area contributed by atoms with E-state index in [2.05, 4.69) is 4.98 Å². The number of nitrogen functional groups attached to an aromatic ring is 1. The Hall–Kier alpha value is -1.11. The van der Waals surface area contributed by atoms with Crippen LogP contribution in [0.4, 0.5) is 5.69 Å². The minimum absolute atomic E-state index is 0.124. The summed E-state index contributed by atoms with van der Waals surface area (Å²) < 4.78 is 11.8. The van der Waals surface area contributed by atoms with Crippen molar-refractivity contribution in [3.05, 3.63) is 17.8 Å². The van der Waals surface area contributed by atoms with Gasteiger partial charge in [0.2, 0.25) is 0 Å². The van der Waals surface area contributed by atoms with Gasteiger partial charge in [0.15, 0.2) is 0 Å². The Bertz CT molecular complexity index is 447. The highest BCUT2D eigenvalue weighted by molar-refractivity contribution is 6.62. The molecule has 1 aromatic rings. The van der Waals surface area contributed by atoms with E-state index in [1.54, 1.807) is 12.3 Å². The predicted molar refractivity (Wildman–Crippen MR) is 70.3 cm³/mol. The number of rotatable bonds is 2. The van der Waals surface area contributed by atoms with Crippen molar-refractivity contribution in [2.75, 3.05) is 5.73 Å². The summed E-state index contributed by atoms with van der Waals surface area (Å²) in [6, 6.07) is 1.68. The van der Waals surface area contributed by atoms with Gasteiger partial charge in [0, 0.05) is 11.8 Å². The van der Waals surface area contributed by atoms with Gasteiger partial charge in [-0.25, -0.2) is 0 Å². The fourth-order valence-corrected chi connectivity index (χ4v) is 1.81. The maximum absolute atomic E-state index is 9.20. The topological polar surface area (TPSA) is 77.6 Å². The summed E-state index contributed by atoms with van der Waals surface area (Å²) in [7, 11) is -0.596. The summed E-state index contributed by atoms with van der Waals surface area (Å²) >= 11 is 0. The molecule has 0 unspecified atom stereocenters. The molecule has 18 heavy (non-hydrogen) atoms. The number of nitrogens with two attached hydrogens (primary N) is 1.